The molecule has 1 heteroatoms. The summed E-state index contributed by atoms with van der Waals surface area (Å²) in [5.74, 6) is 1.30. The van der Waals surface area contributed by atoms with Gasteiger partial charge in [0.1, 0.15) is 0 Å². The number of hydrogen-bond acceptors (Lipinski definition) is 1. The summed E-state index contributed by atoms with van der Waals surface area (Å²) in [6.45, 7) is 2.59. The highest BCUT2D eigenvalue weighted by atomic mass is 16.3. The summed E-state index contributed by atoms with van der Waals surface area (Å²) in [4.78, 5) is 0. The van der Waals surface area contributed by atoms with Crippen molar-refractivity contribution in [3.05, 3.63) is 12.2 Å². The Hall–Kier alpha value is -0.300. The fourth-order valence-electron chi connectivity index (χ4n) is 1.31. The first-order valence-electron chi connectivity index (χ1n) is 4.66. The lowest BCUT2D eigenvalue weighted by molar-refractivity contribution is 0.272. The van der Waals surface area contributed by atoms with Gasteiger partial charge in [0.05, 0.1) is 0 Å². The summed E-state index contributed by atoms with van der Waals surface area (Å²) in [5.41, 5.74) is 0. The smallest absolute Gasteiger partial charge is 0.0465 e. The number of rotatable bonds is 5. The van der Waals surface area contributed by atoms with Gasteiger partial charge in [-0.05, 0) is 24.7 Å². The monoisotopic (exact) mass is 154 g/mol. The molecule has 0 aromatic carbocycles. The van der Waals surface area contributed by atoms with Crippen LogP contribution in [0.25, 0.3) is 0 Å². The minimum atomic E-state index is 0.378. The molecule has 0 aromatic rings. The fourth-order valence-corrected chi connectivity index (χ4v) is 1.31. The van der Waals surface area contributed by atoms with Crippen molar-refractivity contribution in [2.45, 2.75) is 32.6 Å². The third-order valence-electron chi connectivity index (χ3n) is 2.32. The molecule has 1 N–H and O–H groups in total. The van der Waals surface area contributed by atoms with Crippen LogP contribution < -0.4 is 0 Å². The van der Waals surface area contributed by atoms with Crippen molar-refractivity contribution >= 4 is 0 Å². The van der Waals surface area contributed by atoms with Gasteiger partial charge in [0.2, 0.25) is 0 Å². The highest BCUT2D eigenvalue weighted by molar-refractivity contribution is 5.01. The zero-order valence-corrected chi connectivity index (χ0v) is 7.29. The minimum Gasteiger partial charge on any atom is -0.396 e. The van der Waals surface area contributed by atoms with Gasteiger partial charge in [0.15, 0.2) is 0 Å². The molecule has 1 saturated carbocycles. The van der Waals surface area contributed by atoms with E-state index in [4.69, 9.17) is 5.11 Å². The third kappa shape index (κ3) is 3.06. The van der Waals surface area contributed by atoms with E-state index in [1.165, 1.54) is 25.7 Å². The standard InChI is InChI=1S/C10H18O/c1-2-3-4-5-6-9-7-10(9)8-11/h5-6,9-11H,2-4,7-8H2,1H3/b6-5-/t9-,10-/m0/s1. The molecule has 0 saturated heterocycles. The molecule has 2 atom stereocenters. The maximum atomic E-state index is 8.75. The summed E-state index contributed by atoms with van der Waals surface area (Å²) in [6, 6.07) is 0. The number of hydrogen-bond donors (Lipinski definition) is 1. The van der Waals surface area contributed by atoms with E-state index in [2.05, 4.69) is 19.1 Å². The van der Waals surface area contributed by atoms with Crippen LogP contribution in [-0.2, 0) is 0 Å². The van der Waals surface area contributed by atoms with Crippen molar-refractivity contribution in [2.75, 3.05) is 6.61 Å². The van der Waals surface area contributed by atoms with E-state index in [0.717, 1.165) is 0 Å². The van der Waals surface area contributed by atoms with Crippen LogP contribution in [0.2, 0.25) is 0 Å². The van der Waals surface area contributed by atoms with Crippen molar-refractivity contribution in [1.29, 1.82) is 0 Å². The number of unbranched alkanes of at least 4 members (excludes halogenated alkanes) is 2. The van der Waals surface area contributed by atoms with Crippen molar-refractivity contribution in [3.8, 4) is 0 Å². The van der Waals surface area contributed by atoms with Crippen molar-refractivity contribution < 1.29 is 5.11 Å². The van der Waals surface area contributed by atoms with E-state index in [0.29, 0.717) is 18.4 Å². The normalized spacial score (nSPS) is 29.6. The quantitative estimate of drug-likeness (QED) is 0.476. The van der Waals surface area contributed by atoms with Crippen LogP contribution in [0.5, 0.6) is 0 Å². The molecule has 1 aliphatic carbocycles. The maximum Gasteiger partial charge on any atom is 0.0465 e. The second-order valence-electron chi connectivity index (χ2n) is 3.41. The van der Waals surface area contributed by atoms with Gasteiger partial charge in [-0.15, -0.1) is 0 Å². The lowest BCUT2D eigenvalue weighted by Gasteiger charge is -1.88. The van der Waals surface area contributed by atoms with Crippen LogP contribution in [0.4, 0.5) is 0 Å². The van der Waals surface area contributed by atoms with Gasteiger partial charge in [0.25, 0.3) is 0 Å². The molecule has 0 aromatic heterocycles. The Kier molecular flexibility index (Phi) is 3.64. The summed E-state index contributed by atoms with van der Waals surface area (Å²) in [6.07, 6.45) is 9.54. The SMILES string of the molecule is CCCC/C=C\[C@H]1C[C@H]1CO. The van der Waals surface area contributed by atoms with Gasteiger partial charge >= 0.3 is 0 Å². The average molecular weight is 154 g/mol. The van der Waals surface area contributed by atoms with Crippen LogP contribution in [0.1, 0.15) is 32.6 Å². The summed E-state index contributed by atoms with van der Waals surface area (Å²) >= 11 is 0. The average Bonchev–Trinajstić information content (AvgIpc) is 2.77. The highest BCUT2D eigenvalue weighted by Crippen LogP contribution is 2.38. The zero-order chi connectivity index (χ0) is 8.10. The molecule has 0 radical (unpaired) electrons. The van der Waals surface area contributed by atoms with Gasteiger partial charge in [0, 0.05) is 6.61 Å². The summed E-state index contributed by atoms with van der Waals surface area (Å²) in [7, 11) is 0. The Morgan fingerprint density at radius 1 is 1.55 bits per heavy atom. The lowest BCUT2D eigenvalue weighted by Crippen LogP contribution is -1.85. The van der Waals surface area contributed by atoms with E-state index >= 15 is 0 Å². The van der Waals surface area contributed by atoms with Crippen LogP contribution in [0.15, 0.2) is 12.2 Å². The molecule has 64 valence electrons. The first-order valence-corrected chi connectivity index (χ1v) is 4.66. The molecule has 0 amide bonds. The second kappa shape index (κ2) is 4.55. The molecule has 11 heavy (non-hydrogen) atoms. The number of aliphatic hydroxyl groups excluding tert-OH is 1. The predicted octanol–water partition coefficient (Wildman–Crippen LogP) is 2.36. The molecular formula is C10H18O. The number of aliphatic hydroxyl groups is 1. The summed E-state index contributed by atoms with van der Waals surface area (Å²) < 4.78 is 0. The van der Waals surface area contributed by atoms with E-state index in [1.807, 2.05) is 0 Å². The van der Waals surface area contributed by atoms with E-state index in [-0.39, 0.29) is 0 Å². The molecule has 1 nitrogen and oxygen atoms in total. The van der Waals surface area contributed by atoms with Gasteiger partial charge in [-0.25, -0.2) is 0 Å². The van der Waals surface area contributed by atoms with Crippen LogP contribution in [-0.4, -0.2) is 11.7 Å². The molecule has 0 spiro atoms. The fraction of sp³-hybridized carbons (Fsp3) is 0.800. The van der Waals surface area contributed by atoms with Crippen LogP contribution in [0, 0.1) is 11.8 Å². The summed E-state index contributed by atoms with van der Waals surface area (Å²) in [5, 5.41) is 8.75. The molecule has 1 rings (SSSR count). The molecule has 0 unspecified atom stereocenters. The lowest BCUT2D eigenvalue weighted by atomic mass is 10.2. The first kappa shape index (κ1) is 8.79. The van der Waals surface area contributed by atoms with Crippen molar-refractivity contribution in [3.63, 3.8) is 0 Å². The Morgan fingerprint density at radius 3 is 2.91 bits per heavy atom. The molecule has 1 fully saturated rings. The molecule has 0 aliphatic heterocycles. The highest BCUT2D eigenvalue weighted by Gasteiger charge is 2.33. The van der Waals surface area contributed by atoms with Crippen molar-refractivity contribution in [2.24, 2.45) is 11.8 Å². The molecule has 0 bridgehead atoms. The Bertz CT molecular complexity index is 129. The predicted molar refractivity (Wildman–Crippen MR) is 47.3 cm³/mol. The Balaban J connectivity index is 1.98. The molecule has 0 heterocycles. The topological polar surface area (TPSA) is 20.2 Å². The first-order chi connectivity index (χ1) is 5.38. The largest absolute Gasteiger partial charge is 0.396 e. The third-order valence-corrected chi connectivity index (χ3v) is 2.32. The minimum absolute atomic E-state index is 0.378. The second-order valence-corrected chi connectivity index (χ2v) is 3.41. The van der Waals surface area contributed by atoms with Crippen LogP contribution in [0.3, 0.4) is 0 Å². The van der Waals surface area contributed by atoms with Gasteiger partial charge in [-0.3, -0.25) is 0 Å². The van der Waals surface area contributed by atoms with Crippen LogP contribution >= 0.6 is 0 Å². The van der Waals surface area contributed by atoms with Gasteiger partial charge in [-0.1, -0.05) is 31.9 Å². The molecular weight excluding hydrogens is 136 g/mol. The number of allylic oxidation sites excluding steroid dienone is 2. The maximum absolute atomic E-state index is 8.75. The van der Waals surface area contributed by atoms with E-state index in [9.17, 15) is 0 Å². The zero-order valence-electron chi connectivity index (χ0n) is 7.29. The Labute approximate surface area is 69.1 Å². The van der Waals surface area contributed by atoms with E-state index in [1.54, 1.807) is 0 Å². The Morgan fingerprint density at radius 2 is 2.36 bits per heavy atom. The van der Waals surface area contributed by atoms with Gasteiger partial charge < -0.3 is 5.11 Å². The molecule has 1 aliphatic rings. The van der Waals surface area contributed by atoms with Gasteiger partial charge in [-0.2, -0.15) is 0 Å². The van der Waals surface area contributed by atoms with Crippen molar-refractivity contribution in [1.82, 2.24) is 0 Å². The van der Waals surface area contributed by atoms with E-state index < -0.39 is 0 Å².